The van der Waals surface area contributed by atoms with Crippen LogP contribution in [0.3, 0.4) is 0 Å². The fraction of sp³-hybridized carbons (Fsp3) is 0.0833. The average molecular weight is 295 g/mol. The molecule has 0 aliphatic carbocycles. The van der Waals surface area contributed by atoms with Crippen LogP contribution in [0.2, 0.25) is 0 Å². The lowest BCUT2D eigenvalue weighted by molar-refractivity contribution is 0.251. The zero-order valence-corrected chi connectivity index (χ0v) is 10.5. The van der Waals surface area contributed by atoms with E-state index in [1.54, 1.807) is 18.6 Å². The lowest BCUT2D eigenvalue weighted by Crippen LogP contribution is -2.28. The third-order valence-corrected chi connectivity index (χ3v) is 2.85. The molecule has 2 N–H and O–H groups in total. The van der Waals surface area contributed by atoms with Crippen molar-refractivity contribution in [3.63, 3.8) is 0 Å². The Morgan fingerprint density at radius 2 is 2.12 bits per heavy atom. The zero-order chi connectivity index (χ0) is 12.1. The first-order chi connectivity index (χ1) is 8.25. The molecule has 2 aromatic rings. The van der Waals surface area contributed by atoms with Gasteiger partial charge in [-0.3, -0.25) is 0 Å². The van der Waals surface area contributed by atoms with Gasteiger partial charge in [-0.15, -0.1) is 0 Å². The second kappa shape index (κ2) is 5.54. The number of carbonyl (C=O) groups is 1. The molecule has 0 spiro atoms. The van der Waals surface area contributed by atoms with Crippen LogP contribution in [-0.4, -0.2) is 6.03 Å². The fourth-order valence-corrected chi connectivity index (χ4v) is 1.69. The lowest BCUT2D eigenvalue weighted by Gasteiger charge is -2.07. The van der Waals surface area contributed by atoms with E-state index in [1.165, 1.54) is 0 Å². The highest BCUT2D eigenvalue weighted by molar-refractivity contribution is 9.10. The van der Waals surface area contributed by atoms with E-state index in [4.69, 9.17) is 4.42 Å². The van der Waals surface area contributed by atoms with Crippen LogP contribution in [0.25, 0.3) is 0 Å². The number of hydrogen-bond acceptors (Lipinski definition) is 2. The van der Waals surface area contributed by atoms with E-state index in [1.807, 2.05) is 24.3 Å². The molecule has 0 radical (unpaired) electrons. The molecule has 5 heteroatoms. The zero-order valence-electron chi connectivity index (χ0n) is 8.94. The van der Waals surface area contributed by atoms with Gasteiger partial charge in [0.15, 0.2) is 0 Å². The molecule has 2 amide bonds. The minimum absolute atomic E-state index is 0.252. The van der Waals surface area contributed by atoms with Crippen LogP contribution in [0.4, 0.5) is 10.5 Å². The second-order valence-electron chi connectivity index (χ2n) is 3.42. The SMILES string of the molecule is O=C(NCc1ccoc1)Nc1ccccc1Br. The Hall–Kier alpha value is -1.75. The smallest absolute Gasteiger partial charge is 0.319 e. The quantitative estimate of drug-likeness (QED) is 0.912. The topological polar surface area (TPSA) is 54.3 Å². The molecule has 1 aromatic carbocycles. The van der Waals surface area contributed by atoms with Gasteiger partial charge in [0.1, 0.15) is 0 Å². The van der Waals surface area contributed by atoms with Crippen molar-refractivity contribution < 1.29 is 9.21 Å². The summed E-state index contributed by atoms with van der Waals surface area (Å²) in [4.78, 5) is 11.6. The number of halogens is 1. The maximum atomic E-state index is 11.6. The van der Waals surface area contributed by atoms with E-state index >= 15 is 0 Å². The number of benzene rings is 1. The van der Waals surface area contributed by atoms with Crippen molar-refractivity contribution in [2.45, 2.75) is 6.54 Å². The molecule has 1 heterocycles. The summed E-state index contributed by atoms with van der Waals surface area (Å²) in [7, 11) is 0. The van der Waals surface area contributed by atoms with Gasteiger partial charge >= 0.3 is 6.03 Å². The molecule has 2 rings (SSSR count). The predicted molar refractivity (Wildman–Crippen MR) is 68.7 cm³/mol. The molecule has 4 nitrogen and oxygen atoms in total. The minimum atomic E-state index is -0.252. The third kappa shape index (κ3) is 3.35. The van der Waals surface area contributed by atoms with Crippen LogP contribution < -0.4 is 10.6 Å². The number of furan rings is 1. The average Bonchev–Trinajstić information content (AvgIpc) is 2.82. The van der Waals surface area contributed by atoms with Crippen LogP contribution in [-0.2, 0) is 6.54 Å². The van der Waals surface area contributed by atoms with Gasteiger partial charge in [-0.25, -0.2) is 4.79 Å². The van der Waals surface area contributed by atoms with Crippen molar-refractivity contribution in [1.82, 2.24) is 5.32 Å². The molecule has 0 atom stereocenters. The highest BCUT2D eigenvalue weighted by atomic mass is 79.9. The second-order valence-corrected chi connectivity index (χ2v) is 4.27. The molecule has 17 heavy (non-hydrogen) atoms. The summed E-state index contributed by atoms with van der Waals surface area (Å²) in [6.07, 6.45) is 3.17. The first-order valence-electron chi connectivity index (χ1n) is 5.06. The molecule has 88 valence electrons. The molecular weight excluding hydrogens is 284 g/mol. The highest BCUT2D eigenvalue weighted by Gasteiger charge is 2.04. The maximum Gasteiger partial charge on any atom is 0.319 e. The van der Waals surface area contributed by atoms with E-state index in [-0.39, 0.29) is 6.03 Å². The molecular formula is C12H11BrN2O2. The van der Waals surface area contributed by atoms with E-state index in [0.717, 1.165) is 15.7 Å². The van der Waals surface area contributed by atoms with E-state index in [0.29, 0.717) is 6.54 Å². The van der Waals surface area contributed by atoms with Gasteiger partial charge in [0.2, 0.25) is 0 Å². The molecule has 0 fully saturated rings. The number of hydrogen-bond donors (Lipinski definition) is 2. The van der Waals surface area contributed by atoms with Gasteiger partial charge in [0.25, 0.3) is 0 Å². The van der Waals surface area contributed by atoms with Gasteiger partial charge in [-0.2, -0.15) is 0 Å². The van der Waals surface area contributed by atoms with Crippen molar-refractivity contribution in [1.29, 1.82) is 0 Å². The molecule has 0 unspecified atom stereocenters. The molecule has 1 aromatic heterocycles. The van der Waals surface area contributed by atoms with Crippen LogP contribution >= 0.6 is 15.9 Å². The summed E-state index contributed by atoms with van der Waals surface area (Å²) < 4.78 is 5.75. The Morgan fingerprint density at radius 1 is 1.29 bits per heavy atom. The normalized spacial score (nSPS) is 9.94. The molecule has 0 saturated carbocycles. The van der Waals surface area contributed by atoms with Gasteiger partial charge in [-0.05, 0) is 34.1 Å². The Labute approximate surface area is 107 Å². The summed E-state index contributed by atoms with van der Waals surface area (Å²) in [5.41, 5.74) is 1.66. The third-order valence-electron chi connectivity index (χ3n) is 2.16. The lowest BCUT2D eigenvalue weighted by atomic mass is 10.3. The van der Waals surface area contributed by atoms with Gasteiger partial charge in [-0.1, -0.05) is 12.1 Å². The Kier molecular flexibility index (Phi) is 3.82. The monoisotopic (exact) mass is 294 g/mol. The van der Waals surface area contributed by atoms with Crippen LogP contribution in [0.15, 0.2) is 51.7 Å². The van der Waals surface area contributed by atoms with E-state index in [2.05, 4.69) is 26.6 Å². The molecule has 0 aliphatic heterocycles. The Bertz CT molecular complexity index is 497. The summed E-state index contributed by atoms with van der Waals surface area (Å²) in [5.74, 6) is 0. The number of para-hydroxylation sites is 1. The Morgan fingerprint density at radius 3 is 2.82 bits per heavy atom. The van der Waals surface area contributed by atoms with Crippen LogP contribution in [0, 0.1) is 0 Å². The number of urea groups is 1. The van der Waals surface area contributed by atoms with Crippen LogP contribution in [0.1, 0.15) is 5.56 Å². The van der Waals surface area contributed by atoms with Crippen molar-refractivity contribution >= 4 is 27.6 Å². The first-order valence-corrected chi connectivity index (χ1v) is 5.85. The largest absolute Gasteiger partial charge is 0.472 e. The fourth-order valence-electron chi connectivity index (χ4n) is 1.30. The standard InChI is InChI=1S/C12H11BrN2O2/c13-10-3-1-2-4-11(10)15-12(16)14-7-9-5-6-17-8-9/h1-6,8H,7H2,(H2,14,15,16). The van der Waals surface area contributed by atoms with Gasteiger partial charge < -0.3 is 15.1 Å². The van der Waals surface area contributed by atoms with Gasteiger partial charge in [0.05, 0.1) is 18.2 Å². The number of anilines is 1. The predicted octanol–water partition coefficient (Wildman–Crippen LogP) is 3.36. The van der Waals surface area contributed by atoms with Crippen molar-refractivity contribution in [3.8, 4) is 0 Å². The number of nitrogens with one attached hydrogen (secondary N) is 2. The number of carbonyl (C=O) groups excluding carboxylic acids is 1. The van der Waals surface area contributed by atoms with Crippen molar-refractivity contribution in [3.05, 3.63) is 52.9 Å². The minimum Gasteiger partial charge on any atom is -0.472 e. The van der Waals surface area contributed by atoms with Crippen molar-refractivity contribution in [2.24, 2.45) is 0 Å². The number of amides is 2. The summed E-state index contributed by atoms with van der Waals surface area (Å²) in [6.45, 7) is 0.437. The highest BCUT2D eigenvalue weighted by Crippen LogP contribution is 2.20. The van der Waals surface area contributed by atoms with Crippen molar-refractivity contribution in [2.75, 3.05) is 5.32 Å². The summed E-state index contributed by atoms with van der Waals surface area (Å²) >= 11 is 3.36. The van der Waals surface area contributed by atoms with E-state index in [9.17, 15) is 4.79 Å². The molecule has 0 aliphatic rings. The summed E-state index contributed by atoms with van der Waals surface area (Å²) in [6, 6.07) is 8.99. The molecule has 0 saturated heterocycles. The summed E-state index contributed by atoms with van der Waals surface area (Å²) in [5, 5.41) is 5.47. The molecule has 0 bridgehead atoms. The first kappa shape index (κ1) is 11.7. The number of rotatable bonds is 3. The van der Waals surface area contributed by atoms with E-state index < -0.39 is 0 Å². The van der Waals surface area contributed by atoms with Gasteiger partial charge in [0, 0.05) is 16.6 Å². The van der Waals surface area contributed by atoms with Crippen LogP contribution in [0.5, 0.6) is 0 Å². The maximum absolute atomic E-state index is 11.6. The Balaban J connectivity index is 1.87.